The maximum Gasteiger partial charge on any atom is 0.416 e. The summed E-state index contributed by atoms with van der Waals surface area (Å²) in [5.41, 5.74) is 1.23. The number of hydrogen-bond acceptors (Lipinski definition) is 6. The molecule has 2 heterocycles. The third kappa shape index (κ3) is 8.89. The van der Waals surface area contributed by atoms with Crippen molar-refractivity contribution in [1.29, 1.82) is 0 Å². The summed E-state index contributed by atoms with van der Waals surface area (Å²) >= 11 is 0. The molecule has 3 aromatic carbocycles. The van der Waals surface area contributed by atoms with E-state index in [1.165, 1.54) is 35.1 Å². The van der Waals surface area contributed by atoms with Crippen LogP contribution in [0, 0.1) is 0 Å². The van der Waals surface area contributed by atoms with Crippen LogP contribution in [-0.2, 0) is 6.18 Å². The highest BCUT2D eigenvalue weighted by atomic mass is 19.4. The Bertz CT molecular complexity index is 1810. The molecular formula is C37H42F3N7O3. The summed E-state index contributed by atoms with van der Waals surface area (Å²) in [5, 5.41) is 9.84. The van der Waals surface area contributed by atoms with Crippen molar-refractivity contribution in [2.75, 3.05) is 61.8 Å². The summed E-state index contributed by atoms with van der Waals surface area (Å²) in [4.78, 5) is 46.5. The number of likely N-dealkylation sites (N-methyl/N-ethyl adjacent to an activating group) is 2. The topological polar surface area (TPSA) is 103 Å². The first-order chi connectivity index (χ1) is 24.0. The van der Waals surface area contributed by atoms with Gasteiger partial charge in [0.2, 0.25) is 0 Å². The van der Waals surface area contributed by atoms with Crippen LogP contribution < -0.4 is 15.5 Å². The minimum absolute atomic E-state index is 0.115. The lowest BCUT2D eigenvalue weighted by Gasteiger charge is -2.29. The lowest BCUT2D eigenvalue weighted by molar-refractivity contribution is -0.137. The maximum absolute atomic E-state index is 13.8. The Labute approximate surface area is 289 Å². The van der Waals surface area contributed by atoms with Crippen LogP contribution in [0.5, 0.6) is 0 Å². The Morgan fingerprint density at radius 1 is 0.800 bits per heavy atom. The molecule has 1 aliphatic rings. The van der Waals surface area contributed by atoms with Gasteiger partial charge in [-0.3, -0.25) is 14.4 Å². The summed E-state index contributed by atoms with van der Waals surface area (Å²) in [5.74, 6) is -1.15. The van der Waals surface area contributed by atoms with E-state index >= 15 is 0 Å². The fourth-order valence-corrected chi connectivity index (χ4v) is 5.86. The third-order valence-corrected chi connectivity index (χ3v) is 8.85. The number of benzene rings is 3. The average molecular weight is 690 g/mol. The van der Waals surface area contributed by atoms with Gasteiger partial charge in [-0.1, -0.05) is 26.0 Å². The predicted octanol–water partition coefficient (Wildman–Crippen LogP) is 6.80. The van der Waals surface area contributed by atoms with Gasteiger partial charge in [-0.25, -0.2) is 4.68 Å². The lowest BCUT2D eigenvalue weighted by atomic mass is 10.1. The maximum atomic E-state index is 13.8. The zero-order valence-corrected chi connectivity index (χ0v) is 28.5. The van der Waals surface area contributed by atoms with Crippen LogP contribution in [0.25, 0.3) is 5.69 Å². The average Bonchev–Trinajstić information content (AvgIpc) is 3.60. The predicted molar refractivity (Wildman–Crippen MR) is 188 cm³/mol. The van der Waals surface area contributed by atoms with Crippen LogP contribution >= 0.6 is 0 Å². The molecule has 2 N–H and O–H groups in total. The molecule has 0 saturated carbocycles. The van der Waals surface area contributed by atoms with E-state index in [9.17, 15) is 27.6 Å². The van der Waals surface area contributed by atoms with Gasteiger partial charge in [0, 0.05) is 62.3 Å². The molecule has 0 bridgehead atoms. The number of nitrogens with zero attached hydrogens (tertiary/aromatic N) is 5. The van der Waals surface area contributed by atoms with Crippen LogP contribution in [0.4, 0.5) is 30.4 Å². The number of rotatable bonds is 12. The number of carbonyl (C=O) groups is 3. The lowest BCUT2D eigenvalue weighted by Crippen LogP contribution is -2.36. The van der Waals surface area contributed by atoms with E-state index < -0.39 is 23.6 Å². The molecule has 3 amide bonds. The van der Waals surface area contributed by atoms with Gasteiger partial charge in [0.05, 0.1) is 22.5 Å². The molecule has 264 valence electrons. The van der Waals surface area contributed by atoms with Crippen molar-refractivity contribution >= 4 is 34.9 Å². The Morgan fingerprint density at radius 2 is 1.52 bits per heavy atom. The zero-order valence-electron chi connectivity index (χ0n) is 28.5. The smallest absolute Gasteiger partial charge is 0.372 e. The molecule has 1 aromatic heterocycles. The number of carbonyl (C=O) groups excluding carboxylic acids is 3. The van der Waals surface area contributed by atoms with E-state index in [1.807, 2.05) is 6.07 Å². The van der Waals surface area contributed by atoms with Gasteiger partial charge < -0.3 is 25.3 Å². The molecule has 4 aromatic rings. The molecule has 0 unspecified atom stereocenters. The Morgan fingerprint density at radius 3 is 2.24 bits per heavy atom. The van der Waals surface area contributed by atoms with Gasteiger partial charge >= 0.3 is 6.18 Å². The molecule has 13 heteroatoms. The molecule has 50 heavy (non-hydrogen) atoms. The second-order valence-corrected chi connectivity index (χ2v) is 12.2. The van der Waals surface area contributed by atoms with Gasteiger partial charge in [-0.2, -0.15) is 18.3 Å². The van der Waals surface area contributed by atoms with Crippen molar-refractivity contribution in [2.24, 2.45) is 0 Å². The first-order valence-electron chi connectivity index (χ1n) is 16.8. The Hall–Kier alpha value is -5.17. The van der Waals surface area contributed by atoms with Gasteiger partial charge in [0.15, 0.2) is 5.82 Å². The van der Waals surface area contributed by atoms with Crippen LogP contribution in [0.2, 0.25) is 0 Å². The fourth-order valence-electron chi connectivity index (χ4n) is 5.86. The number of halogens is 3. The van der Waals surface area contributed by atoms with Crippen molar-refractivity contribution in [3.63, 3.8) is 0 Å². The summed E-state index contributed by atoms with van der Waals surface area (Å²) in [6.45, 7) is 8.85. The highest BCUT2D eigenvalue weighted by molar-refractivity contribution is 6.13. The van der Waals surface area contributed by atoms with E-state index in [1.54, 1.807) is 42.3 Å². The quantitative estimate of drug-likeness (QED) is 0.170. The Kier molecular flexibility index (Phi) is 11.6. The zero-order chi connectivity index (χ0) is 35.8. The van der Waals surface area contributed by atoms with Gasteiger partial charge in [0.25, 0.3) is 17.7 Å². The number of nitrogens with one attached hydrogen (secondary N) is 2. The molecule has 0 aliphatic carbocycles. The standard InChI is InChI=1S/C37H42F3N7O3/c1-4-45(5-2)22-21-44(3)36(50)27-12-9-11-26(23-27)34(48)41-32-16-15-29(46-18-7-6-8-19-46)25-31(32)35(49)42-33-17-20-47(43-33)30-14-10-13-28(24-30)37(38,39)40/h9-17,20,23-25H,4-8,18-19,21-22H2,1-3H3,(H,41,48)(H,42,43,49). The van der Waals surface area contributed by atoms with Gasteiger partial charge in [0.1, 0.15) is 0 Å². The number of alkyl halides is 3. The number of piperidine rings is 1. The molecule has 1 saturated heterocycles. The van der Waals surface area contributed by atoms with Crippen molar-refractivity contribution in [3.05, 3.63) is 101 Å². The molecule has 0 atom stereocenters. The summed E-state index contributed by atoms with van der Waals surface area (Å²) in [7, 11) is 1.73. The summed E-state index contributed by atoms with van der Waals surface area (Å²) in [6, 6.07) is 17.9. The van der Waals surface area contributed by atoms with E-state index in [4.69, 9.17) is 0 Å². The van der Waals surface area contributed by atoms with Gasteiger partial charge in [-0.15, -0.1) is 0 Å². The van der Waals surface area contributed by atoms with Crippen LogP contribution in [-0.4, -0.2) is 83.6 Å². The van der Waals surface area contributed by atoms with E-state index in [2.05, 4.69) is 39.4 Å². The van der Waals surface area contributed by atoms with Gasteiger partial charge in [-0.05, 0) is 86.9 Å². The minimum Gasteiger partial charge on any atom is -0.372 e. The van der Waals surface area contributed by atoms with Crippen molar-refractivity contribution in [2.45, 2.75) is 39.3 Å². The van der Waals surface area contributed by atoms with Crippen molar-refractivity contribution < 1.29 is 27.6 Å². The van der Waals surface area contributed by atoms with E-state index in [0.717, 1.165) is 69.8 Å². The van der Waals surface area contributed by atoms with E-state index in [0.29, 0.717) is 12.1 Å². The molecule has 0 radical (unpaired) electrons. The number of aromatic nitrogens is 2. The summed E-state index contributed by atoms with van der Waals surface area (Å²) < 4.78 is 41.1. The number of anilines is 3. The fraction of sp³-hybridized carbons (Fsp3) is 0.351. The third-order valence-electron chi connectivity index (χ3n) is 8.85. The van der Waals surface area contributed by atoms with Crippen LogP contribution in [0.15, 0.2) is 79.0 Å². The Balaban J connectivity index is 1.36. The molecular weight excluding hydrogens is 647 g/mol. The highest BCUT2D eigenvalue weighted by Gasteiger charge is 2.30. The first-order valence-corrected chi connectivity index (χ1v) is 16.8. The molecule has 10 nitrogen and oxygen atoms in total. The molecule has 1 fully saturated rings. The molecule has 1 aliphatic heterocycles. The van der Waals surface area contributed by atoms with E-state index in [-0.39, 0.29) is 34.2 Å². The first kappa shape index (κ1) is 36.1. The largest absolute Gasteiger partial charge is 0.416 e. The highest BCUT2D eigenvalue weighted by Crippen LogP contribution is 2.31. The summed E-state index contributed by atoms with van der Waals surface area (Å²) in [6.07, 6.45) is 0.102. The van der Waals surface area contributed by atoms with Crippen molar-refractivity contribution in [1.82, 2.24) is 19.6 Å². The molecule has 5 rings (SSSR count). The van der Waals surface area contributed by atoms with Crippen molar-refractivity contribution in [3.8, 4) is 5.69 Å². The SMILES string of the molecule is CCN(CC)CCN(C)C(=O)c1cccc(C(=O)Nc2ccc(N3CCCCC3)cc2C(=O)Nc2ccn(-c3cccc(C(F)(F)F)c3)n2)c1. The van der Waals surface area contributed by atoms with Crippen LogP contribution in [0.3, 0.4) is 0 Å². The second kappa shape index (κ2) is 16.0. The monoisotopic (exact) mass is 689 g/mol. The number of amides is 3. The number of hydrogen-bond donors (Lipinski definition) is 2. The molecule has 0 spiro atoms. The van der Waals surface area contributed by atoms with Crippen LogP contribution in [0.1, 0.15) is 69.7 Å². The second-order valence-electron chi connectivity index (χ2n) is 12.2. The normalized spacial score (nSPS) is 13.3. The minimum atomic E-state index is -4.52.